The van der Waals surface area contributed by atoms with Crippen LogP contribution in [0.5, 0.6) is 0 Å². The second-order valence-electron chi connectivity index (χ2n) is 3.62. The third kappa shape index (κ3) is 2.03. The Morgan fingerprint density at radius 3 is 2.65 bits per heavy atom. The fraction of sp³-hybridized carbons (Fsp3) is 0.182. The molecule has 5 nitrogen and oxygen atoms in total. The minimum atomic E-state index is -3.28. The van der Waals surface area contributed by atoms with Crippen LogP contribution in [-0.4, -0.2) is 25.1 Å². The number of benzene rings is 1. The number of aromatic carboxylic acids is 1. The maximum atomic E-state index is 11.6. The molecule has 2 rings (SSSR count). The lowest BCUT2D eigenvalue weighted by atomic mass is 10.2. The molecule has 17 heavy (non-hydrogen) atoms. The summed E-state index contributed by atoms with van der Waals surface area (Å²) in [4.78, 5) is 13.4. The van der Waals surface area contributed by atoms with E-state index in [1.165, 1.54) is 18.2 Å². The predicted molar refractivity (Wildman–Crippen MR) is 60.4 cm³/mol. The minimum absolute atomic E-state index is 0.00651. The number of aromatic amines is 1. The Balaban J connectivity index is 2.62. The molecule has 0 radical (unpaired) electrons. The number of sulfone groups is 1. The second kappa shape index (κ2) is 3.89. The van der Waals surface area contributed by atoms with Gasteiger partial charge in [-0.05, 0) is 18.2 Å². The second-order valence-corrected chi connectivity index (χ2v) is 5.90. The van der Waals surface area contributed by atoms with E-state index in [9.17, 15) is 18.3 Å². The van der Waals surface area contributed by atoms with Gasteiger partial charge in [0.05, 0.1) is 22.3 Å². The third-order valence-corrected chi connectivity index (χ3v) is 4.29. The predicted octanol–water partition coefficient (Wildman–Crippen LogP) is 0.325. The first-order valence-corrected chi connectivity index (χ1v) is 6.66. The summed E-state index contributed by atoms with van der Waals surface area (Å²) < 4.78 is 23.3. The van der Waals surface area contributed by atoms with Crippen molar-refractivity contribution in [3.63, 3.8) is 0 Å². The van der Waals surface area contributed by atoms with Crippen molar-refractivity contribution in [3.05, 3.63) is 30.0 Å². The first-order chi connectivity index (χ1) is 7.94. The van der Waals surface area contributed by atoms with Gasteiger partial charge < -0.3 is 14.9 Å². The number of carbonyl (C=O) groups is 1. The van der Waals surface area contributed by atoms with Gasteiger partial charge in [0.1, 0.15) is 0 Å². The highest BCUT2D eigenvalue weighted by atomic mass is 32.2. The molecular weight excluding hydrogens is 242 g/mol. The number of rotatable bonds is 3. The molecule has 1 aromatic carbocycles. The zero-order chi connectivity index (χ0) is 12.6. The van der Waals surface area contributed by atoms with Crippen LogP contribution in [0.25, 0.3) is 10.9 Å². The van der Waals surface area contributed by atoms with E-state index in [0.717, 1.165) is 0 Å². The Morgan fingerprint density at radius 1 is 1.35 bits per heavy atom. The molecular formula is C11H10NO4S-. The maximum Gasteiger partial charge on any atom is 0.178 e. The van der Waals surface area contributed by atoms with Crippen molar-refractivity contribution >= 4 is 26.7 Å². The van der Waals surface area contributed by atoms with Gasteiger partial charge in [0.15, 0.2) is 9.84 Å². The summed E-state index contributed by atoms with van der Waals surface area (Å²) in [7, 11) is -3.28. The number of carboxylic acids is 1. The van der Waals surface area contributed by atoms with Crippen LogP contribution >= 0.6 is 0 Å². The molecule has 0 aliphatic heterocycles. The van der Waals surface area contributed by atoms with E-state index in [2.05, 4.69) is 4.98 Å². The van der Waals surface area contributed by atoms with Crippen LogP contribution in [0.2, 0.25) is 0 Å². The van der Waals surface area contributed by atoms with Crippen LogP contribution in [0, 0.1) is 0 Å². The number of carboxylic acid groups (broad SMARTS) is 1. The lowest BCUT2D eigenvalue weighted by Gasteiger charge is -2.00. The van der Waals surface area contributed by atoms with Gasteiger partial charge in [-0.15, -0.1) is 0 Å². The first kappa shape index (κ1) is 11.7. The maximum absolute atomic E-state index is 11.6. The first-order valence-electron chi connectivity index (χ1n) is 5.01. The van der Waals surface area contributed by atoms with Gasteiger partial charge in [-0.25, -0.2) is 8.42 Å². The van der Waals surface area contributed by atoms with E-state index < -0.39 is 15.8 Å². The van der Waals surface area contributed by atoms with Crippen LogP contribution in [0.15, 0.2) is 29.2 Å². The average Bonchev–Trinajstić information content (AvgIpc) is 2.71. The van der Waals surface area contributed by atoms with Crippen LogP contribution in [-0.2, 0) is 9.84 Å². The summed E-state index contributed by atoms with van der Waals surface area (Å²) in [5.41, 5.74) is 0.407. The number of nitrogens with one attached hydrogen (secondary N) is 1. The lowest BCUT2D eigenvalue weighted by molar-refractivity contribution is -0.255. The van der Waals surface area contributed by atoms with Gasteiger partial charge in [0.25, 0.3) is 0 Å². The number of carbonyl (C=O) groups excluding carboxylic acids is 1. The molecule has 0 unspecified atom stereocenters. The van der Waals surface area contributed by atoms with Crippen LogP contribution in [0.3, 0.4) is 0 Å². The summed E-state index contributed by atoms with van der Waals surface area (Å²) in [6.07, 6.45) is 0. The van der Waals surface area contributed by atoms with E-state index in [4.69, 9.17) is 0 Å². The van der Waals surface area contributed by atoms with Crippen molar-refractivity contribution in [1.82, 2.24) is 4.98 Å². The molecule has 0 spiro atoms. The molecule has 0 aliphatic carbocycles. The molecule has 0 atom stereocenters. The van der Waals surface area contributed by atoms with Crippen molar-refractivity contribution < 1.29 is 18.3 Å². The molecule has 0 saturated heterocycles. The van der Waals surface area contributed by atoms with Gasteiger partial charge in [-0.1, -0.05) is 13.0 Å². The molecule has 0 bridgehead atoms. The van der Waals surface area contributed by atoms with Crippen molar-refractivity contribution in [3.8, 4) is 0 Å². The van der Waals surface area contributed by atoms with Gasteiger partial charge in [-0.2, -0.15) is 0 Å². The minimum Gasteiger partial charge on any atom is -0.543 e. The normalized spacial score (nSPS) is 11.8. The van der Waals surface area contributed by atoms with Crippen LogP contribution in [0.1, 0.15) is 17.4 Å². The summed E-state index contributed by atoms with van der Waals surface area (Å²) in [5.74, 6) is -1.31. The van der Waals surface area contributed by atoms with E-state index in [0.29, 0.717) is 10.9 Å². The Bertz CT molecular complexity index is 685. The SMILES string of the molecule is CCS(=O)(=O)c1ccc2cc(C(=O)[O-])[nH]c2c1. The molecule has 0 fully saturated rings. The van der Waals surface area contributed by atoms with Crippen LogP contribution < -0.4 is 5.11 Å². The lowest BCUT2D eigenvalue weighted by Crippen LogP contribution is -2.22. The summed E-state index contributed by atoms with van der Waals surface area (Å²) in [6, 6.07) is 5.88. The van der Waals surface area contributed by atoms with Gasteiger partial charge in [-0.3, -0.25) is 0 Å². The van der Waals surface area contributed by atoms with Gasteiger partial charge in [0, 0.05) is 10.9 Å². The Morgan fingerprint density at radius 2 is 2.06 bits per heavy atom. The molecule has 2 aromatic rings. The molecule has 1 heterocycles. The third-order valence-electron chi connectivity index (χ3n) is 2.55. The monoisotopic (exact) mass is 252 g/mol. The standard InChI is InChI=1S/C11H11NO4S/c1-2-17(15,16)8-4-3-7-5-10(11(13)14)12-9(7)6-8/h3-6,12H,2H2,1H3,(H,13,14)/p-1. The highest BCUT2D eigenvalue weighted by Crippen LogP contribution is 2.20. The van der Waals surface area contributed by atoms with E-state index in [1.807, 2.05) is 0 Å². The molecule has 0 amide bonds. The van der Waals surface area contributed by atoms with Crippen LogP contribution in [0.4, 0.5) is 0 Å². The Kier molecular flexibility index (Phi) is 2.66. The summed E-state index contributed by atoms with van der Waals surface area (Å²) >= 11 is 0. The number of aromatic nitrogens is 1. The van der Waals surface area contributed by atoms with Crippen molar-refractivity contribution in [2.45, 2.75) is 11.8 Å². The van der Waals surface area contributed by atoms with E-state index in [1.54, 1.807) is 13.0 Å². The molecule has 1 aromatic heterocycles. The van der Waals surface area contributed by atoms with Crippen molar-refractivity contribution in [2.75, 3.05) is 5.75 Å². The molecule has 6 heteroatoms. The van der Waals surface area contributed by atoms with Crippen molar-refractivity contribution in [2.24, 2.45) is 0 Å². The fourth-order valence-corrected chi connectivity index (χ4v) is 2.48. The van der Waals surface area contributed by atoms with Gasteiger partial charge >= 0.3 is 0 Å². The molecule has 90 valence electrons. The van der Waals surface area contributed by atoms with E-state index >= 15 is 0 Å². The van der Waals surface area contributed by atoms with Gasteiger partial charge in [0.2, 0.25) is 0 Å². The molecule has 1 N–H and O–H groups in total. The number of hydrogen-bond donors (Lipinski definition) is 1. The average molecular weight is 252 g/mol. The van der Waals surface area contributed by atoms with Crippen molar-refractivity contribution in [1.29, 1.82) is 0 Å². The zero-order valence-corrected chi connectivity index (χ0v) is 9.87. The highest BCUT2D eigenvalue weighted by molar-refractivity contribution is 7.91. The fourth-order valence-electron chi connectivity index (χ4n) is 1.58. The largest absolute Gasteiger partial charge is 0.543 e. The summed E-state index contributed by atoms with van der Waals surface area (Å²) in [6.45, 7) is 1.56. The topological polar surface area (TPSA) is 90.1 Å². The van der Waals surface area contributed by atoms with E-state index in [-0.39, 0.29) is 16.3 Å². The Labute approximate surface area is 98.0 Å². The number of hydrogen-bond acceptors (Lipinski definition) is 4. The number of fused-ring (bicyclic) bond motifs is 1. The quantitative estimate of drug-likeness (QED) is 0.852. The summed E-state index contributed by atoms with van der Waals surface area (Å²) in [5, 5.41) is 11.3. The molecule has 0 saturated carbocycles. The smallest absolute Gasteiger partial charge is 0.178 e. The number of H-pyrrole nitrogens is 1. The Hall–Kier alpha value is -1.82. The molecule has 0 aliphatic rings. The zero-order valence-electron chi connectivity index (χ0n) is 9.06. The highest BCUT2D eigenvalue weighted by Gasteiger charge is 2.12.